The highest BCUT2D eigenvalue weighted by Crippen LogP contribution is 2.56. The van der Waals surface area contributed by atoms with Crippen LogP contribution in [0.1, 0.15) is 53.9 Å². The van der Waals surface area contributed by atoms with E-state index in [1.165, 1.54) is 19.3 Å². The van der Waals surface area contributed by atoms with Gasteiger partial charge in [0.25, 0.3) is 0 Å². The molecular formula is C12H24. The molecule has 1 aliphatic rings. The fourth-order valence-electron chi connectivity index (χ4n) is 2.53. The van der Waals surface area contributed by atoms with Gasteiger partial charge in [-0.1, -0.05) is 41.0 Å². The summed E-state index contributed by atoms with van der Waals surface area (Å²) >= 11 is 0. The van der Waals surface area contributed by atoms with E-state index < -0.39 is 0 Å². The summed E-state index contributed by atoms with van der Waals surface area (Å²) in [7, 11) is 0. The topological polar surface area (TPSA) is 0 Å². The molecule has 1 fully saturated rings. The quantitative estimate of drug-likeness (QED) is 0.592. The maximum Gasteiger partial charge on any atom is -0.0295 e. The Morgan fingerprint density at radius 2 is 1.67 bits per heavy atom. The third-order valence-corrected chi connectivity index (χ3v) is 4.06. The lowest BCUT2D eigenvalue weighted by atomic mass is 9.74. The van der Waals surface area contributed by atoms with E-state index >= 15 is 0 Å². The molecule has 0 heteroatoms. The van der Waals surface area contributed by atoms with E-state index in [0.29, 0.717) is 0 Å². The number of hydrogen-bond acceptors (Lipinski definition) is 0. The normalized spacial score (nSPS) is 25.5. The minimum Gasteiger partial charge on any atom is -0.0651 e. The molecule has 0 aromatic carbocycles. The average Bonchev–Trinajstić information content (AvgIpc) is 2.69. The van der Waals surface area contributed by atoms with Crippen LogP contribution in [-0.4, -0.2) is 0 Å². The standard InChI is InChI=1S/C12H24/c1-6-11(10(4)9(2)3)12(5)7-8-12/h9-11H,6-8H2,1-5H3. The predicted octanol–water partition coefficient (Wildman–Crippen LogP) is 4.10. The summed E-state index contributed by atoms with van der Waals surface area (Å²) < 4.78 is 0. The summed E-state index contributed by atoms with van der Waals surface area (Å²) in [5, 5.41) is 0. The first kappa shape index (κ1) is 10.1. The van der Waals surface area contributed by atoms with Crippen molar-refractivity contribution in [1.29, 1.82) is 0 Å². The number of rotatable bonds is 4. The van der Waals surface area contributed by atoms with Crippen LogP contribution in [0.4, 0.5) is 0 Å². The van der Waals surface area contributed by atoms with Crippen molar-refractivity contribution >= 4 is 0 Å². The van der Waals surface area contributed by atoms with Gasteiger partial charge in [-0.2, -0.15) is 0 Å². The van der Waals surface area contributed by atoms with Gasteiger partial charge >= 0.3 is 0 Å². The zero-order valence-electron chi connectivity index (χ0n) is 9.35. The highest BCUT2D eigenvalue weighted by Gasteiger charge is 2.46. The second-order valence-corrected chi connectivity index (χ2v) is 5.27. The van der Waals surface area contributed by atoms with Crippen LogP contribution in [0.2, 0.25) is 0 Å². The fraction of sp³-hybridized carbons (Fsp3) is 1.00. The second kappa shape index (κ2) is 3.40. The monoisotopic (exact) mass is 168 g/mol. The van der Waals surface area contributed by atoms with Crippen LogP contribution in [0, 0.1) is 23.2 Å². The lowest BCUT2D eigenvalue weighted by Gasteiger charge is -2.31. The van der Waals surface area contributed by atoms with Gasteiger partial charge in [0, 0.05) is 0 Å². The molecule has 1 saturated carbocycles. The van der Waals surface area contributed by atoms with Gasteiger partial charge < -0.3 is 0 Å². The van der Waals surface area contributed by atoms with Crippen molar-refractivity contribution in [2.24, 2.45) is 23.2 Å². The van der Waals surface area contributed by atoms with Crippen molar-refractivity contribution in [3.63, 3.8) is 0 Å². The van der Waals surface area contributed by atoms with E-state index in [-0.39, 0.29) is 0 Å². The third-order valence-electron chi connectivity index (χ3n) is 4.06. The maximum atomic E-state index is 2.47. The van der Waals surface area contributed by atoms with Gasteiger partial charge in [-0.05, 0) is 36.0 Å². The molecule has 0 bridgehead atoms. The highest BCUT2D eigenvalue weighted by atomic mass is 14.5. The fourth-order valence-corrected chi connectivity index (χ4v) is 2.53. The third kappa shape index (κ3) is 1.84. The Balaban J connectivity index is 2.55. The van der Waals surface area contributed by atoms with E-state index in [2.05, 4.69) is 34.6 Å². The van der Waals surface area contributed by atoms with E-state index in [1.54, 1.807) is 0 Å². The molecule has 0 nitrogen and oxygen atoms in total. The van der Waals surface area contributed by atoms with Crippen LogP contribution >= 0.6 is 0 Å². The lowest BCUT2D eigenvalue weighted by molar-refractivity contribution is 0.181. The summed E-state index contributed by atoms with van der Waals surface area (Å²) in [6.07, 6.45) is 4.32. The van der Waals surface area contributed by atoms with E-state index in [4.69, 9.17) is 0 Å². The maximum absolute atomic E-state index is 2.47. The van der Waals surface area contributed by atoms with Crippen LogP contribution in [0.3, 0.4) is 0 Å². The van der Waals surface area contributed by atoms with Crippen molar-refractivity contribution in [3.8, 4) is 0 Å². The van der Waals surface area contributed by atoms with Gasteiger partial charge in [0.2, 0.25) is 0 Å². The summed E-state index contributed by atoms with van der Waals surface area (Å²) in [6.45, 7) is 12.0. The van der Waals surface area contributed by atoms with Crippen LogP contribution in [0.5, 0.6) is 0 Å². The molecule has 0 amide bonds. The molecule has 1 aliphatic carbocycles. The first-order chi connectivity index (χ1) is 5.51. The Labute approximate surface area is 77.7 Å². The van der Waals surface area contributed by atoms with Crippen molar-refractivity contribution in [3.05, 3.63) is 0 Å². The molecule has 0 heterocycles. The first-order valence-corrected chi connectivity index (χ1v) is 5.51. The summed E-state index contributed by atoms with van der Waals surface area (Å²) in [5.41, 5.74) is 0.721. The van der Waals surface area contributed by atoms with Crippen molar-refractivity contribution in [2.75, 3.05) is 0 Å². The molecule has 0 spiro atoms. The molecular weight excluding hydrogens is 144 g/mol. The van der Waals surface area contributed by atoms with E-state index in [9.17, 15) is 0 Å². The largest absolute Gasteiger partial charge is 0.0651 e. The molecule has 0 radical (unpaired) electrons. The van der Waals surface area contributed by atoms with E-state index in [1.807, 2.05) is 0 Å². The number of hydrogen-bond donors (Lipinski definition) is 0. The van der Waals surface area contributed by atoms with Crippen LogP contribution in [0.15, 0.2) is 0 Å². The summed E-state index contributed by atoms with van der Waals surface area (Å²) in [6, 6.07) is 0. The van der Waals surface area contributed by atoms with E-state index in [0.717, 1.165) is 23.2 Å². The zero-order chi connectivity index (χ0) is 9.35. The van der Waals surface area contributed by atoms with Crippen molar-refractivity contribution in [1.82, 2.24) is 0 Å². The minimum absolute atomic E-state index is 0.721. The molecule has 2 atom stereocenters. The molecule has 72 valence electrons. The molecule has 0 aromatic heterocycles. The van der Waals surface area contributed by atoms with Crippen molar-refractivity contribution in [2.45, 2.75) is 53.9 Å². The van der Waals surface area contributed by atoms with Gasteiger partial charge in [-0.3, -0.25) is 0 Å². The Morgan fingerprint density at radius 3 is 1.92 bits per heavy atom. The van der Waals surface area contributed by atoms with Gasteiger partial charge in [-0.15, -0.1) is 0 Å². The van der Waals surface area contributed by atoms with Gasteiger partial charge in [-0.25, -0.2) is 0 Å². The Morgan fingerprint density at radius 1 is 1.17 bits per heavy atom. The molecule has 1 rings (SSSR count). The molecule has 0 N–H and O–H groups in total. The van der Waals surface area contributed by atoms with Crippen molar-refractivity contribution < 1.29 is 0 Å². The smallest absolute Gasteiger partial charge is 0.0295 e. The lowest BCUT2D eigenvalue weighted by Crippen LogP contribution is -2.23. The summed E-state index contributed by atoms with van der Waals surface area (Å²) in [5.74, 6) is 2.73. The van der Waals surface area contributed by atoms with Gasteiger partial charge in [0.05, 0.1) is 0 Å². The van der Waals surface area contributed by atoms with Crippen LogP contribution in [-0.2, 0) is 0 Å². The average molecular weight is 168 g/mol. The Kier molecular flexibility index (Phi) is 2.85. The highest BCUT2D eigenvalue weighted by molar-refractivity contribution is 4.96. The molecule has 0 aromatic rings. The van der Waals surface area contributed by atoms with Crippen LogP contribution in [0.25, 0.3) is 0 Å². The van der Waals surface area contributed by atoms with Gasteiger partial charge in [0.15, 0.2) is 0 Å². The SMILES string of the molecule is CCC(C(C)C(C)C)C1(C)CC1. The minimum atomic E-state index is 0.721. The molecule has 12 heavy (non-hydrogen) atoms. The molecule has 2 unspecified atom stereocenters. The molecule has 0 aliphatic heterocycles. The first-order valence-electron chi connectivity index (χ1n) is 5.51. The second-order valence-electron chi connectivity index (χ2n) is 5.27. The van der Waals surface area contributed by atoms with Gasteiger partial charge in [0.1, 0.15) is 0 Å². The molecule has 0 saturated heterocycles. The summed E-state index contributed by atoms with van der Waals surface area (Å²) in [4.78, 5) is 0. The zero-order valence-corrected chi connectivity index (χ0v) is 9.35. The Bertz CT molecular complexity index is 142. The van der Waals surface area contributed by atoms with Crippen LogP contribution < -0.4 is 0 Å². The Hall–Kier alpha value is 0. The predicted molar refractivity (Wildman–Crippen MR) is 55.1 cm³/mol.